The fourth-order valence-corrected chi connectivity index (χ4v) is 2.00. The Hall–Kier alpha value is -2.76. The molecule has 6 heteroatoms. The topological polar surface area (TPSA) is 84.6 Å². The summed E-state index contributed by atoms with van der Waals surface area (Å²) < 4.78 is 10.2. The Bertz CT molecular complexity index is 700. The molecule has 0 aliphatic carbocycles. The fourth-order valence-electron chi connectivity index (χ4n) is 2.00. The maximum absolute atomic E-state index is 11.5. The van der Waals surface area contributed by atoms with Crippen LogP contribution in [0.25, 0.3) is 17.4 Å². The summed E-state index contributed by atoms with van der Waals surface area (Å²) in [6.07, 6.45) is 5.62. The van der Waals surface area contributed by atoms with Gasteiger partial charge >= 0.3 is 6.09 Å². The molecule has 0 saturated heterocycles. The molecule has 24 heavy (non-hydrogen) atoms. The van der Waals surface area contributed by atoms with Gasteiger partial charge < -0.3 is 19.7 Å². The zero-order chi connectivity index (χ0) is 17.6. The lowest BCUT2D eigenvalue weighted by Crippen LogP contribution is -2.32. The van der Waals surface area contributed by atoms with Crippen LogP contribution in [0.15, 0.2) is 41.1 Å². The number of benzene rings is 1. The number of amides is 1. The van der Waals surface area contributed by atoms with Gasteiger partial charge in [-0.2, -0.15) is 0 Å². The Kier molecular flexibility index (Phi) is 5.63. The largest absolute Gasteiger partial charge is 0.507 e. The van der Waals surface area contributed by atoms with Crippen molar-refractivity contribution < 1.29 is 19.2 Å². The molecule has 1 aromatic heterocycles. The van der Waals surface area contributed by atoms with E-state index < -0.39 is 11.7 Å². The number of hydrogen-bond donors (Lipinski definition) is 2. The van der Waals surface area contributed by atoms with Crippen LogP contribution in [0.4, 0.5) is 4.79 Å². The summed E-state index contributed by atoms with van der Waals surface area (Å²) in [4.78, 5) is 11.5. The second-order valence-corrected chi connectivity index (χ2v) is 6.27. The van der Waals surface area contributed by atoms with Crippen molar-refractivity contribution in [3.8, 4) is 17.1 Å². The van der Waals surface area contributed by atoms with E-state index in [1.54, 1.807) is 18.2 Å². The van der Waals surface area contributed by atoms with Gasteiger partial charge in [0.2, 0.25) is 0 Å². The van der Waals surface area contributed by atoms with Crippen molar-refractivity contribution in [1.29, 1.82) is 0 Å². The van der Waals surface area contributed by atoms with Crippen LogP contribution < -0.4 is 5.32 Å². The van der Waals surface area contributed by atoms with E-state index >= 15 is 0 Å². The Morgan fingerprint density at radius 1 is 1.38 bits per heavy atom. The number of aromatic nitrogens is 1. The molecule has 128 valence electrons. The van der Waals surface area contributed by atoms with Gasteiger partial charge in [-0.15, -0.1) is 0 Å². The number of aromatic hydroxyl groups is 1. The minimum Gasteiger partial charge on any atom is -0.507 e. The zero-order valence-electron chi connectivity index (χ0n) is 14.1. The highest BCUT2D eigenvalue weighted by molar-refractivity contribution is 5.69. The third-order valence-corrected chi connectivity index (χ3v) is 3.01. The summed E-state index contributed by atoms with van der Waals surface area (Å²) >= 11 is 0. The molecule has 0 bridgehead atoms. The first-order valence-electron chi connectivity index (χ1n) is 7.72. The number of nitrogens with one attached hydrogen (secondary N) is 1. The van der Waals surface area contributed by atoms with Gasteiger partial charge in [0, 0.05) is 12.6 Å². The fraction of sp³-hybridized carbons (Fsp3) is 0.333. The molecule has 0 atom stereocenters. The molecule has 0 aliphatic rings. The van der Waals surface area contributed by atoms with Crippen molar-refractivity contribution in [3.63, 3.8) is 0 Å². The van der Waals surface area contributed by atoms with E-state index in [9.17, 15) is 9.90 Å². The molecule has 0 unspecified atom stereocenters. The first-order chi connectivity index (χ1) is 11.3. The highest BCUT2D eigenvalue weighted by Crippen LogP contribution is 2.30. The molecule has 0 aliphatic heterocycles. The summed E-state index contributed by atoms with van der Waals surface area (Å²) in [5.74, 6) is 0.643. The summed E-state index contributed by atoms with van der Waals surface area (Å²) in [6, 6.07) is 6.91. The van der Waals surface area contributed by atoms with E-state index in [0.717, 1.165) is 5.56 Å². The van der Waals surface area contributed by atoms with Gasteiger partial charge in [-0.1, -0.05) is 23.4 Å². The number of phenolic OH excluding ortho intramolecular Hbond substituents is 1. The van der Waals surface area contributed by atoms with Gasteiger partial charge in [0.25, 0.3) is 0 Å². The molecular weight excluding hydrogens is 308 g/mol. The van der Waals surface area contributed by atoms with Crippen molar-refractivity contribution in [2.24, 2.45) is 0 Å². The second-order valence-electron chi connectivity index (χ2n) is 6.27. The van der Waals surface area contributed by atoms with Crippen LogP contribution in [0.2, 0.25) is 0 Å². The highest BCUT2D eigenvalue weighted by atomic mass is 16.6. The standard InChI is InChI=1S/C18H22N2O4/c1-18(2,3)23-17(22)19-10-5-4-6-13-7-8-15(21)14(12-13)16-9-11-20-24-16/h4,6-9,11-12,21H,5,10H2,1-3H3,(H,19,22). The van der Waals surface area contributed by atoms with Crippen molar-refractivity contribution in [2.75, 3.05) is 6.54 Å². The van der Waals surface area contributed by atoms with E-state index in [0.29, 0.717) is 24.3 Å². The van der Waals surface area contributed by atoms with Gasteiger partial charge in [0.1, 0.15) is 11.4 Å². The first kappa shape index (κ1) is 17.6. The molecule has 1 heterocycles. The number of phenols is 1. The number of alkyl carbamates (subject to hydrolysis) is 1. The van der Waals surface area contributed by atoms with Crippen LogP contribution >= 0.6 is 0 Å². The Balaban J connectivity index is 1.87. The molecule has 0 saturated carbocycles. The first-order valence-corrected chi connectivity index (χ1v) is 7.72. The van der Waals surface area contributed by atoms with E-state index in [1.807, 2.05) is 39.0 Å². The average molecular weight is 330 g/mol. The van der Waals surface area contributed by atoms with E-state index in [-0.39, 0.29) is 5.75 Å². The Morgan fingerprint density at radius 3 is 2.83 bits per heavy atom. The van der Waals surface area contributed by atoms with Crippen molar-refractivity contribution >= 4 is 12.2 Å². The predicted octanol–water partition coefficient (Wildman–Crippen LogP) is 3.98. The predicted molar refractivity (Wildman–Crippen MR) is 91.5 cm³/mol. The average Bonchev–Trinajstić information content (AvgIpc) is 3.00. The van der Waals surface area contributed by atoms with Crippen molar-refractivity contribution in [1.82, 2.24) is 10.5 Å². The molecule has 6 nitrogen and oxygen atoms in total. The lowest BCUT2D eigenvalue weighted by molar-refractivity contribution is 0.0529. The minimum absolute atomic E-state index is 0.135. The van der Waals surface area contributed by atoms with Crippen LogP contribution in [0.5, 0.6) is 5.75 Å². The number of rotatable bonds is 5. The summed E-state index contributed by atoms with van der Waals surface area (Å²) in [5, 5.41) is 16.2. The van der Waals surface area contributed by atoms with Crippen LogP contribution in [0, 0.1) is 0 Å². The van der Waals surface area contributed by atoms with Crippen LogP contribution in [-0.2, 0) is 4.74 Å². The van der Waals surface area contributed by atoms with E-state index in [1.165, 1.54) is 6.20 Å². The Morgan fingerprint density at radius 2 is 2.17 bits per heavy atom. The quantitative estimate of drug-likeness (QED) is 0.810. The molecule has 2 aromatic rings. The smallest absolute Gasteiger partial charge is 0.407 e. The Labute approximate surface area is 141 Å². The lowest BCUT2D eigenvalue weighted by atomic mass is 10.1. The third kappa shape index (κ3) is 5.46. The van der Waals surface area contributed by atoms with Gasteiger partial charge in [0.15, 0.2) is 5.76 Å². The molecule has 0 radical (unpaired) electrons. The molecule has 1 aromatic carbocycles. The summed E-state index contributed by atoms with van der Waals surface area (Å²) in [6.45, 7) is 5.95. The molecule has 0 fully saturated rings. The summed E-state index contributed by atoms with van der Waals surface area (Å²) in [7, 11) is 0. The molecular formula is C18H22N2O4. The zero-order valence-corrected chi connectivity index (χ0v) is 14.1. The molecule has 0 spiro atoms. The maximum Gasteiger partial charge on any atom is 0.407 e. The number of ether oxygens (including phenoxy) is 1. The van der Waals surface area contributed by atoms with Crippen molar-refractivity contribution in [2.45, 2.75) is 32.8 Å². The number of hydrogen-bond acceptors (Lipinski definition) is 5. The second kappa shape index (κ2) is 7.68. The van der Waals surface area contributed by atoms with Gasteiger partial charge in [-0.3, -0.25) is 0 Å². The minimum atomic E-state index is -0.497. The number of carbonyl (C=O) groups excluding carboxylic acids is 1. The SMILES string of the molecule is CC(C)(C)OC(=O)NCCC=Cc1ccc(O)c(-c2ccno2)c1. The van der Waals surface area contributed by atoms with E-state index in [4.69, 9.17) is 9.26 Å². The lowest BCUT2D eigenvalue weighted by Gasteiger charge is -2.19. The highest BCUT2D eigenvalue weighted by Gasteiger charge is 2.15. The normalized spacial score (nSPS) is 11.6. The van der Waals surface area contributed by atoms with Crippen molar-refractivity contribution in [3.05, 3.63) is 42.1 Å². The van der Waals surface area contributed by atoms with Gasteiger partial charge in [0.05, 0.1) is 11.8 Å². The van der Waals surface area contributed by atoms with Gasteiger partial charge in [-0.05, 0) is 44.9 Å². The number of nitrogens with zero attached hydrogens (tertiary/aromatic N) is 1. The third-order valence-electron chi connectivity index (χ3n) is 3.01. The molecule has 2 rings (SSSR count). The molecule has 1 amide bonds. The monoisotopic (exact) mass is 330 g/mol. The summed E-state index contributed by atoms with van der Waals surface area (Å²) in [5.41, 5.74) is 1.00. The van der Waals surface area contributed by atoms with Crippen LogP contribution in [0.3, 0.4) is 0 Å². The maximum atomic E-state index is 11.5. The number of carbonyl (C=O) groups is 1. The van der Waals surface area contributed by atoms with E-state index in [2.05, 4.69) is 10.5 Å². The van der Waals surface area contributed by atoms with Crippen LogP contribution in [0.1, 0.15) is 32.8 Å². The molecule has 2 N–H and O–H groups in total. The van der Waals surface area contributed by atoms with Crippen LogP contribution in [-0.4, -0.2) is 28.5 Å². The van der Waals surface area contributed by atoms with Gasteiger partial charge in [-0.25, -0.2) is 4.79 Å².